The molecule has 5 unspecified atom stereocenters. The topological polar surface area (TPSA) is 213 Å². The van der Waals surface area contributed by atoms with Crippen LogP contribution in [0.2, 0.25) is 0 Å². The lowest BCUT2D eigenvalue weighted by Gasteiger charge is -2.27. The lowest BCUT2D eigenvalue weighted by atomic mass is 9.97. The highest BCUT2D eigenvalue weighted by molar-refractivity contribution is 5.94. The highest BCUT2D eigenvalue weighted by Gasteiger charge is 2.32. The molecule has 10 N–H and O–H groups in total. The number of para-hydroxylation sites is 1. The number of aromatic nitrogens is 1. The van der Waals surface area contributed by atoms with Crippen LogP contribution in [0.25, 0.3) is 10.9 Å². The molecular weight excluding hydrogens is 492 g/mol. The van der Waals surface area contributed by atoms with Crippen molar-refractivity contribution in [2.24, 2.45) is 17.4 Å². The highest BCUT2D eigenvalue weighted by atomic mass is 16.4. The number of amides is 3. The maximum Gasteiger partial charge on any atom is 0.326 e. The Kier molecular flexibility index (Phi) is 12.2. The Balaban J connectivity index is 2.07. The fraction of sp³-hybridized carbons (Fsp3) is 0.538. The van der Waals surface area contributed by atoms with Gasteiger partial charge in [0.1, 0.15) is 18.1 Å². The molecule has 0 aliphatic rings. The summed E-state index contributed by atoms with van der Waals surface area (Å²) in [7, 11) is 0. The van der Waals surface area contributed by atoms with Crippen LogP contribution in [-0.4, -0.2) is 76.2 Å². The Morgan fingerprint density at radius 3 is 2.32 bits per heavy atom. The third-order valence-electron chi connectivity index (χ3n) is 6.63. The predicted octanol–water partition coefficient (Wildman–Crippen LogP) is -0.256. The fourth-order valence-corrected chi connectivity index (χ4v) is 4.05. The van der Waals surface area contributed by atoms with Crippen LogP contribution in [0.15, 0.2) is 30.5 Å². The number of nitrogens with two attached hydrogens (primary N) is 2. The smallest absolute Gasteiger partial charge is 0.326 e. The summed E-state index contributed by atoms with van der Waals surface area (Å²) in [5, 5.41) is 27.8. The molecule has 0 saturated carbocycles. The molecule has 0 fully saturated rings. The van der Waals surface area contributed by atoms with Crippen molar-refractivity contribution in [2.45, 2.75) is 70.1 Å². The zero-order valence-corrected chi connectivity index (χ0v) is 21.9. The van der Waals surface area contributed by atoms with E-state index in [2.05, 4.69) is 20.9 Å². The summed E-state index contributed by atoms with van der Waals surface area (Å²) in [5.74, 6) is -3.61. The summed E-state index contributed by atoms with van der Waals surface area (Å²) in [6.07, 6.45) is 4.01. The van der Waals surface area contributed by atoms with Crippen LogP contribution in [-0.2, 0) is 25.6 Å². The molecule has 38 heavy (non-hydrogen) atoms. The molecule has 2 rings (SSSR count). The monoisotopic (exact) mass is 532 g/mol. The van der Waals surface area contributed by atoms with Gasteiger partial charge in [0, 0.05) is 23.5 Å². The van der Waals surface area contributed by atoms with E-state index in [1.165, 1.54) is 0 Å². The van der Waals surface area contributed by atoms with Gasteiger partial charge in [0.2, 0.25) is 17.7 Å². The number of hydrogen-bond acceptors (Lipinski definition) is 7. The first-order valence-corrected chi connectivity index (χ1v) is 12.9. The molecule has 0 spiro atoms. The number of nitrogens with one attached hydrogen (secondary N) is 4. The number of aliphatic hydroxyl groups excluding tert-OH is 1. The summed E-state index contributed by atoms with van der Waals surface area (Å²) in [5.41, 5.74) is 12.9. The van der Waals surface area contributed by atoms with Crippen LogP contribution < -0.4 is 27.4 Å². The third-order valence-corrected chi connectivity index (χ3v) is 6.63. The summed E-state index contributed by atoms with van der Waals surface area (Å²) in [4.78, 5) is 53.5. The molecule has 5 atom stereocenters. The molecule has 1 aromatic heterocycles. The molecule has 210 valence electrons. The second-order valence-corrected chi connectivity index (χ2v) is 9.47. The zero-order chi connectivity index (χ0) is 28.2. The number of aliphatic hydroxyl groups is 1. The van der Waals surface area contributed by atoms with E-state index in [0.29, 0.717) is 31.4 Å². The molecule has 0 saturated heterocycles. The van der Waals surface area contributed by atoms with Gasteiger partial charge in [0.15, 0.2) is 0 Å². The quantitative estimate of drug-likeness (QED) is 0.135. The van der Waals surface area contributed by atoms with E-state index in [4.69, 9.17) is 11.5 Å². The standard InChI is InChI=1S/C26H40N6O6/c1-3-15(2)22(32-23(34)18(28)9-6-7-11-27)25(36)31-21(14-33)24(35)30-20(26(37)38)12-16-13-29-19-10-5-4-8-17(16)19/h4-5,8,10,13,15,18,20-22,29,33H,3,6-7,9,11-12,14,27-28H2,1-2H3,(H,30,35)(H,31,36)(H,32,34)(H,37,38). The van der Waals surface area contributed by atoms with E-state index in [1.54, 1.807) is 13.1 Å². The van der Waals surface area contributed by atoms with Crippen molar-refractivity contribution in [3.8, 4) is 0 Å². The second kappa shape index (κ2) is 15.1. The molecule has 12 nitrogen and oxygen atoms in total. The number of carboxylic acid groups (broad SMARTS) is 1. The summed E-state index contributed by atoms with van der Waals surface area (Å²) >= 11 is 0. The minimum absolute atomic E-state index is 0.00915. The first-order chi connectivity index (χ1) is 18.1. The average Bonchev–Trinajstić information content (AvgIpc) is 3.31. The van der Waals surface area contributed by atoms with Crippen LogP contribution in [0.4, 0.5) is 0 Å². The number of aliphatic carboxylic acids is 1. The van der Waals surface area contributed by atoms with Crippen LogP contribution in [0.1, 0.15) is 45.1 Å². The molecule has 2 aromatic rings. The Bertz CT molecular complexity index is 1090. The number of unbranched alkanes of at least 4 members (excludes halogenated alkanes) is 1. The van der Waals surface area contributed by atoms with Crippen LogP contribution in [0, 0.1) is 5.92 Å². The van der Waals surface area contributed by atoms with Crippen LogP contribution in [0.3, 0.4) is 0 Å². The van der Waals surface area contributed by atoms with Gasteiger partial charge in [-0.3, -0.25) is 14.4 Å². The van der Waals surface area contributed by atoms with E-state index in [-0.39, 0.29) is 12.3 Å². The highest BCUT2D eigenvalue weighted by Crippen LogP contribution is 2.19. The SMILES string of the molecule is CCC(C)C(NC(=O)C(N)CCCCN)C(=O)NC(CO)C(=O)NC(Cc1c[nH]c2ccccc12)C(=O)O. The van der Waals surface area contributed by atoms with Gasteiger partial charge in [0.05, 0.1) is 12.6 Å². The van der Waals surface area contributed by atoms with Crippen molar-refractivity contribution in [2.75, 3.05) is 13.2 Å². The normalized spacial score (nSPS) is 15.2. The van der Waals surface area contributed by atoms with Crippen LogP contribution >= 0.6 is 0 Å². The molecule has 1 aromatic carbocycles. The maximum absolute atomic E-state index is 13.1. The second-order valence-electron chi connectivity index (χ2n) is 9.47. The lowest BCUT2D eigenvalue weighted by molar-refractivity contribution is -0.142. The number of carbonyl (C=O) groups excluding carboxylic acids is 3. The van der Waals surface area contributed by atoms with Gasteiger partial charge in [0.25, 0.3) is 0 Å². The molecule has 1 heterocycles. The lowest BCUT2D eigenvalue weighted by Crippen LogP contribution is -2.59. The van der Waals surface area contributed by atoms with Crippen LogP contribution in [0.5, 0.6) is 0 Å². The van der Waals surface area contributed by atoms with E-state index < -0.39 is 54.5 Å². The minimum atomic E-state index is -1.42. The fourth-order valence-electron chi connectivity index (χ4n) is 4.05. The number of carboxylic acids is 1. The zero-order valence-electron chi connectivity index (χ0n) is 21.9. The maximum atomic E-state index is 13.1. The summed E-state index contributed by atoms with van der Waals surface area (Å²) < 4.78 is 0. The van der Waals surface area contributed by atoms with Gasteiger partial charge >= 0.3 is 5.97 Å². The van der Waals surface area contributed by atoms with Crippen molar-refractivity contribution in [3.05, 3.63) is 36.0 Å². The summed E-state index contributed by atoms with van der Waals surface area (Å²) in [6, 6.07) is 2.81. The van der Waals surface area contributed by atoms with E-state index in [1.807, 2.05) is 31.2 Å². The Morgan fingerprint density at radius 2 is 1.68 bits per heavy atom. The Hall–Kier alpha value is -3.48. The van der Waals surface area contributed by atoms with Gasteiger partial charge in [-0.05, 0) is 36.9 Å². The summed E-state index contributed by atoms with van der Waals surface area (Å²) in [6.45, 7) is 3.33. The van der Waals surface area contributed by atoms with Gasteiger partial charge < -0.3 is 42.6 Å². The van der Waals surface area contributed by atoms with E-state index in [9.17, 15) is 29.4 Å². The molecule has 12 heteroatoms. The van der Waals surface area contributed by atoms with Gasteiger partial charge in [-0.1, -0.05) is 44.9 Å². The predicted molar refractivity (Wildman–Crippen MR) is 143 cm³/mol. The van der Waals surface area contributed by atoms with E-state index in [0.717, 1.165) is 17.3 Å². The first kappa shape index (κ1) is 30.7. The van der Waals surface area contributed by atoms with Crippen molar-refractivity contribution < 1.29 is 29.4 Å². The van der Waals surface area contributed by atoms with Crippen molar-refractivity contribution >= 4 is 34.6 Å². The number of fused-ring (bicyclic) bond motifs is 1. The molecule has 3 amide bonds. The number of hydrogen-bond donors (Lipinski definition) is 8. The van der Waals surface area contributed by atoms with E-state index >= 15 is 0 Å². The largest absolute Gasteiger partial charge is 0.480 e. The van der Waals surface area contributed by atoms with Gasteiger partial charge in [-0.2, -0.15) is 0 Å². The molecular formula is C26H40N6O6. The third kappa shape index (κ3) is 8.54. The molecule has 0 aliphatic heterocycles. The van der Waals surface area contributed by atoms with Crippen molar-refractivity contribution in [3.63, 3.8) is 0 Å². The average molecular weight is 533 g/mol. The Labute approximate surface area is 221 Å². The number of benzene rings is 1. The number of H-pyrrole nitrogens is 1. The molecule has 0 radical (unpaired) electrons. The minimum Gasteiger partial charge on any atom is -0.480 e. The number of rotatable bonds is 16. The Morgan fingerprint density at radius 1 is 1.00 bits per heavy atom. The van der Waals surface area contributed by atoms with Gasteiger partial charge in [-0.25, -0.2) is 4.79 Å². The molecule has 0 bridgehead atoms. The first-order valence-electron chi connectivity index (χ1n) is 12.9. The number of aromatic amines is 1. The van der Waals surface area contributed by atoms with Gasteiger partial charge in [-0.15, -0.1) is 0 Å². The number of carbonyl (C=O) groups is 4. The van der Waals surface area contributed by atoms with Crippen molar-refractivity contribution in [1.29, 1.82) is 0 Å². The molecule has 0 aliphatic carbocycles. The van der Waals surface area contributed by atoms with Crippen molar-refractivity contribution in [1.82, 2.24) is 20.9 Å².